The number of unbranched alkanes of at least 4 members (excludes halogenated alkanes) is 29. The average molecular weight is 950 g/mol. The van der Waals surface area contributed by atoms with Crippen LogP contribution >= 0.6 is 0 Å². The van der Waals surface area contributed by atoms with Crippen molar-refractivity contribution >= 4 is 17.9 Å². The Morgan fingerprint density at radius 2 is 0.574 bits per heavy atom. The zero-order valence-corrected chi connectivity index (χ0v) is 44.9. The van der Waals surface area contributed by atoms with E-state index in [9.17, 15) is 14.4 Å². The highest BCUT2D eigenvalue weighted by molar-refractivity contribution is 5.71. The number of esters is 3. The molecule has 0 aliphatic heterocycles. The maximum Gasteiger partial charge on any atom is 0.306 e. The van der Waals surface area contributed by atoms with E-state index in [0.717, 1.165) is 96.3 Å². The number of ether oxygens (including phenoxy) is 3. The third-order valence-corrected chi connectivity index (χ3v) is 12.4. The van der Waals surface area contributed by atoms with Crippen molar-refractivity contribution in [2.45, 2.75) is 290 Å². The molecule has 0 N–H and O–H groups in total. The molecule has 1 unspecified atom stereocenters. The van der Waals surface area contributed by atoms with Crippen LogP contribution in [0.1, 0.15) is 284 Å². The van der Waals surface area contributed by atoms with Crippen molar-refractivity contribution in [1.82, 2.24) is 0 Å². The molecule has 0 rings (SSSR count). The van der Waals surface area contributed by atoms with Gasteiger partial charge in [0.05, 0.1) is 0 Å². The standard InChI is InChI=1S/C62H108O6/c1-4-7-10-13-16-19-22-25-26-27-28-29-30-31-32-33-34-35-36-38-40-43-46-49-52-55-61(64)67-58-59(57-66-60(63)54-51-48-45-42-39-24-21-18-15-12-9-6-3)68-62(65)56-53-50-47-44-41-37-23-20-17-14-11-8-5-2/h8,11,17-18,20-22,25,27-28,37,41,59H,4-7,9-10,12-16,19,23-24,26,29-36,38-40,42-58H2,1-3H3/b11-8-,20-17-,21-18-,25-22-,28-27-,41-37-. The fourth-order valence-corrected chi connectivity index (χ4v) is 8.07. The number of carbonyl (C=O) groups is 3. The van der Waals surface area contributed by atoms with Gasteiger partial charge < -0.3 is 14.2 Å². The minimum atomic E-state index is -0.793. The minimum absolute atomic E-state index is 0.0895. The summed E-state index contributed by atoms with van der Waals surface area (Å²) in [5.74, 6) is -0.924. The average Bonchev–Trinajstić information content (AvgIpc) is 3.34. The van der Waals surface area contributed by atoms with E-state index >= 15 is 0 Å². The van der Waals surface area contributed by atoms with Crippen molar-refractivity contribution < 1.29 is 28.6 Å². The number of hydrogen-bond acceptors (Lipinski definition) is 6. The van der Waals surface area contributed by atoms with Gasteiger partial charge in [-0.25, -0.2) is 0 Å². The van der Waals surface area contributed by atoms with Crippen molar-refractivity contribution in [3.63, 3.8) is 0 Å². The monoisotopic (exact) mass is 949 g/mol. The molecule has 392 valence electrons. The smallest absolute Gasteiger partial charge is 0.306 e. The molecule has 0 saturated heterocycles. The third kappa shape index (κ3) is 53.8. The van der Waals surface area contributed by atoms with E-state index in [1.165, 1.54) is 148 Å². The molecule has 0 saturated carbocycles. The molecule has 0 bridgehead atoms. The van der Waals surface area contributed by atoms with Gasteiger partial charge in [0.25, 0.3) is 0 Å². The topological polar surface area (TPSA) is 78.9 Å². The summed E-state index contributed by atoms with van der Waals surface area (Å²) in [5, 5.41) is 0. The van der Waals surface area contributed by atoms with Crippen LogP contribution in [0, 0.1) is 0 Å². The highest BCUT2D eigenvalue weighted by Crippen LogP contribution is 2.15. The second-order valence-corrected chi connectivity index (χ2v) is 19.2. The van der Waals surface area contributed by atoms with E-state index in [1.54, 1.807) is 0 Å². The van der Waals surface area contributed by atoms with Gasteiger partial charge in [0.2, 0.25) is 0 Å². The van der Waals surface area contributed by atoms with Gasteiger partial charge >= 0.3 is 17.9 Å². The largest absolute Gasteiger partial charge is 0.462 e. The van der Waals surface area contributed by atoms with Gasteiger partial charge in [-0.1, -0.05) is 229 Å². The Morgan fingerprint density at radius 1 is 0.309 bits per heavy atom. The van der Waals surface area contributed by atoms with Crippen molar-refractivity contribution in [1.29, 1.82) is 0 Å². The van der Waals surface area contributed by atoms with Crippen LogP contribution in [0.2, 0.25) is 0 Å². The second-order valence-electron chi connectivity index (χ2n) is 19.2. The third-order valence-electron chi connectivity index (χ3n) is 12.4. The van der Waals surface area contributed by atoms with Gasteiger partial charge in [0.15, 0.2) is 6.10 Å². The van der Waals surface area contributed by atoms with E-state index in [1.807, 2.05) is 0 Å². The van der Waals surface area contributed by atoms with E-state index in [4.69, 9.17) is 14.2 Å². The van der Waals surface area contributed by atoms with E-state index < -0.39 is 6.10 Å². The summed E-state index contributed by atoms with van der Waals surface area (Å²) < 4.78 is 16.8. The Kier molecular flexibility index (Phi) is 53.8. The normalized spacial score (nSPS) is 12.6. The van der Waals surface area contributed by atoms with E-state index in [-0.39, 0.29) is 31.1 Å². The number of hydrogen-bond donors (Lipinski definition) is 0. The molecule has 68 heavy (non-hydrogen) atoms. The lowest BCUT2D eigenvalue weighted by Gasteiger charge is -2.18. The Balaban J connectivity index is 4.26. The predicted octanol–water partition coefficient (Wildman–Crippen LogP) is 19.4. The summed E-state index contributed by atoms with van der Waals surface area (Å²) >= 11 is 0. The van der Waals surface area contributed by atoms with Crippen LogP contribution in [0.3, 0.4) is 0 Å². The molecular formula is C62H108O6. The molecule has 0 aromatic rings. The zero-order valence-electron chi connectivity index (χ0n) is 44.9. The van der Waals surface area contributed by atoms with Crippen molar-refractivity contribution in [3.05, 3.63) is 72.9 Å². The van der Waals surface area contributed by atoms with Crippen LogP contribution in [0.4, 0.5) is 0 Å². The van der Waals surface area contributed by atoms with Crippen LogP contribution in [-0.2, 0) is 28.6 Å². The van der Waals surface area contributed by atoms with Crippen molar-refractivity contribution in [3.8, 4) is 0 Å². The number of rotatable bonds is 52. The minimum Gasteiger partial charge on any atom is -0.462 e. The summed E-state index contributed by atoms with van der Waals surface area (Å²) in [7, 11) is 0. The van der Waals surface area contributed by atoms with Gasteiger partial charge in [0, 0.05) is 19.3 Å². The van der Waals surface area contributed by atoms with Crippen molar-refractivity contribution in [2.24, 2.45) is 0 Å². The molecule has 0 aromatic carbocycles. The molecule has 0 aliphatic carbocycles. The Morgan fingerprint density at radius 3 is 0.956 bits per heavy atom. The zero-order chi connectivity index (χ0) is 49.3. The van der Waals surface area contributed by atoms with E-state index in [0.29, 0.717) is 19.3 Å². The highest BCUT2D eigenvalue weighted by atomic mass is 16.6. The first-order chi connectivity index (χ1) is 33.5. The van der Waals surface area contributed by atoms with Crippen LogP contribution in [0.25, 0.3) is 0 Å². The van der Waals surface area contributed by atoms with Crippen LogP contribution in [0.5, 0.6) is 0 Å². The molecule has 0 spiro atoms. The SMILES string of the molecule is CC/C=C\C/C=C\C/C=C\CCCCCC(=O)OC(COC(=O)CCCCCCC/C=C\CCCCC)COC(=O)CCCCCCCCCCCCCCC/C=C\C/C=C\CCCCCCC. The quantitative estimate of drug-likeness (QED) is 0.0262. The first-order valence-electron chi connectivity index (χ1n) is 28.9. The summed E-state index contributed by atoms with van der Waals surface area (Å²) in [6, 6.07) is 0. The maximum absolute atomic E-state index is 12.8. The number of carbonyl (C=O) groups excluding carboxylic acids is 3. The van der Waals surface area contributed by atoms with Gasteiger partial charge in [-0.3, -0.25) is 14.4 Å². The molecule has 6 nitrogen and oxygen atoms in total. The first-order valence-corrected chi connectivity index (χ1v) is 28.9. The second kappa shape index (κ2) is 56.4. The first kappa shape index (κ1) is 64.8. The number of allylic oxidation sites excluding steroid dienone is 12. The Hall–Kier alpha value is -3.15. The fourth-order valence-electron chi connectivity index (χ4n) is 8.07. The van der Waals surface area contributed by atoms with Crippen LogP contribution in [-0.4, -0.2) is 37.2 Å². The summed E-state index contributed by atoms with van der Waals surface area (Å²) in [6.45, 7) is 6.47. The highest BCUT2D eigenvalue weighted by Gasteiger charge is 2.19. The van der Waals surface area contributed by atoms with Crippen LogP contribution < -0.4 is 0 Å². The molecule has 0 fully saturated rings. The Labute approximate surface area is 421 Å². The molecule has 0 amide bonds. The molecule has 1 atom stereocenters. The van der Waals surface area contributed by atoms with Crippen LogP contribution in [0.15, 0.2) is 72.9 Å². The molecule has 0 radical (unpaired) electrons. The lowest BCUT2D eigenvalue weighted by molar-refractivity contribution is -0.167. The van der Waals surface area contributed by atoms with Crippen molar-refractivity contribution in [2.75, 3.05) is 13.2 Å². The fraction of sp³-hybridized carbons (Fsp3) is 0.758. The molecule has 0 aliphatic rings. The van der Waals surface area contributed by atoms with E-state index in [2.05, 4.69) is 93.7 Å². The van der Waals surface area contributed by atoms with Gasteiger partial charge in [-0.2, -0.15) is 0 Å². The molecule has 6 heteroatoms. The molecule has 0 aromatic heterocycles. The summed E-state index contributed by atoms with van der Waals surface area (Å²) in [6.07, 6.45) is 71.9. The lowest BCUT2D eigenvalue weighted by Crippen LogP contribution is -2.30. The lowest BCUT2D eigenvalue weighted by atomic mass is 10.0. The molecular weight excluding hydrogens is 841 g/mol. The van der Waals surface area contributed by atoms with Gasteiger partial charge in [0.1, 0.15) is 13.2 Å². The molecule has 0 heterocycles. The predicted molar refractivity (Wildman–Crippen MR) is 293 cm³/mol. The maximum atomic E-state index is 12.8. The summed E-state index contributed by atoms with van der Waals surface area (Å²) in [5.41, 5.74) is 0. The van der Waals surface area contributed by atoms with Gasteiger partial charge in [-0.15, -0.1) is 0 Å². The van der Waals surface area contributed by atoms with Gasteiger partial charge in [-0.05, 0) is 109 Å². The Bertz CT molecular complexity index is 1270. The summed E-state index contributed by atoms with van der Waals surface area (Å²) in [4.78, 5) is 38.1.